The number of benzene rings is 1. The minimum absolute atomic E-state index is 0.519. The minimum Gasteiger partial charge on any atom is -0.444 e. The molecule has 0 aliphatic rings. The third-order valence-corrected chi connectivity index (χ3v) is 3.30. The van der Waals surface area contributed by atoms with Gasteiger partial charge in [0.15, 0.2) is 0 Å². The standard InChI is InChI=1S/C16H21ClN4O2/c1-16(2,3)23-15(22)20-14-12(10-19-21-14)9-18-8-11-6-4-5-7-13(11)17/h4-7,10,18H,8-9H2,1-3H3,(H2,19,20,21,22). The van der Waals surface area contributed by atoms with Crippen LogP contribution in [0, 0.1) is 0 Å². The quantitative estimate of drug-likeness (QED) is 0.777. The van der Waals surface area contributed by atoms with Crippen molar-refractivity contribution in [1.29, 1.82) is 0 Å². The van der Waals surface area contributed by atoms with Crippen LogP contribution >= 0.6 is 11.6 Å². The molecule has 124 valence electrons. The first-order valence-corrected chi connectivity index (χ1v) is 7.69. The molecular weight excluding hydrogens is 316 g/mol. The van der Waals surface area contributed by atoms with Crippen molar-refractivity contribution in [2.75, 3.05) is 5.32 Å². The van der Waals surface area contributed by atoms with Gasteiger partial charge in [-0.2, -0.15) is 5.10 Å². The highest BCUT2D eigenvalue weighted by Gasteiger charge is 2.17. The number of anilines is 1. The first kappa shape index (κ1) is 17.3. The van der Waals surface area contributed by atoms with Crippen molar-refractivity contribution in [2.24, 2.45) is 0 Å². The van der Waals surface area contributed by atoms with Crippen molar-refractivity contribution in [1.82, 2.24) is 15.5 Å². The second-order valence-electron chi connectivity index (χ2n) is 6.09. The molecule has 0 radical (unpaired) electrons. The number of hydrogen-bond donors (Lipinski definition) is 3. The highest BCUT2D eigenvalue weighted by Crippen LogP contribution is 2.16. The molecule has 0 atom stereocenters. The highest BCUT2D eigenvalue weighted by molar-refractivity contribution is 6.31. The van der Waals surface area contributed by atoms with Crippen LogP contribution in [0.5, 0.6) is 0 Å². The average molecular weight is 337 g/mol. The van der Waals surface area contributed by atoms with E-state index in [1.54, 1.807) is 6.20 Å². The molecule has 3 N–H and O–H groups in total. The number of amides is 1. The lowest BCUT2D eigenvalue weighted by Gasteiger charge is -2.19. The van der Waals surface area contributed by atoms with Crippen LogP contribution in [0.15, 0.2) is 30.5 Å². The SMILES string of the molecule is CC(C)(C)OC(=O)Nc1[nH]ncc1CNCc1ccccc1Cl. The van der Waals surface area contributed by atoms with E-state index < -0.39 is 11.7 Å². The first-order chi connectivity index (χ1) is 10.8. The van der Waals surface area contributed by atoms with E-state index in [0.717, 1.165) is 16.1 Å². The number of halogens is 1. The molecule has 0 aliphatic heterocycles. The zero-order chi connectivity index (χ0) is 16.9. The van der Waals surface area contributed by atoms with Crippen LogP contribution in [0.25, 0.3) is 0 Å². The summed E-state index contributed by atoms with van der Waals surface area (Å²) in [5.41, 5.74) is 1.30. The van der Waals surface area contributed by atoms with Crippen LogP contribution in [-0.2, 0) is 17.8 Å². The van der Waals surface area contributed by atoms with Gasteiger partial charge >= 0.3 is 6.09 Å². The molecule has 0 fully saturated rings. The third-order valence-electron chi connectivity index (χ3n) is 2.93. The number of aromatic nitrogens is 2. The number of aromatic amines is 1. The van der Waals surface area contributed by atoms with Gasteiger partial charge in [0, 0.05) is 23.7 Å². The summed E-state index contributed by atoms with van der Waals surface area (Å²) in [6.07, 6.45) is 1.14. The van der Waals surface area contributed by atoms with E-state index >= 15 is 0 Å². The van der Waals surface area contributed by atoms with Gasteiger partial charge in [-0.15, -0.1) is 0 Å². The molecule has 23 heavy (non-hydrogen) atoms. The number of carbonyl (C=O) groups is 1. The molecule has 1 amide bonds. The number of rotatable bonds is 5. The molecular formula is C16H21ClN4O2. The average Bonchev–Trinajstić information content (AvgIpc) is 2.86. The van der Waals surface area contributed by atoms with Crippen LogP contribution in [0.3, 0.4) is 0 Å². The number of carbonyl (C=O) groups excluding carboxylic acids is 1. The van der Waals surface area contributed by atoms with Gasteiger partial charge in [0.2, 0.25) is 0 Å². The van der Waals surface area contributed by atoms with Crippen LogP contribution in [0.2, 0.25) is 5.02 Å². The summed E-state index contributed by atoms with van der Waals surface area (Å²) in [5, 5.41) is 13.4. The van der Waals surface area contributed by atoms with Crippen molar-refractivity contribution < 1.29 is 9.53 Å². The lowest BCUT2D eigenvalue weighted by molar-refractivity contribution is 0.0635. The van der Waals surface area contributed by atoms with Crippen LogP contribution in [0.4, 0.5) is 10.6 Å². The minimum atomic E-state index is -0.549. The number of nitrogens with one attached hydrogen (secondary N) is 3. The fraction of sp³-hybridized carbons (Fsp3) is 0.375. The number of hydrogen-bond acceptors (Lipinski definition) is 4. The summed E-state index contributed by atoms with van der Waals surface area (Å²) in [7, 11) is 0. The van der Waals surface area contributed by atoms with E-state index in [-0.39, 0.29) is 0 Å². The van der Waals surface area contributed by atoms with E-state index in [9.17, 15) is 4.79 Å². The maximum absolute atomic E-state index is 11.8. The molecule has 0 aliphatic carbocycles. The predicted octanol–water partition coefficient (Wildman–Crippen LogP) is 3.70. The van der Waals surface area contributed by atoms with Crippen molar-refractivity contribution in [3.05, 3.63) is 46.6 Å². The fourth-order valence-corrected chi connectivity index (χ4v) is 2.14. The van der Waals surface area contributed by atoms with Crippen molar-refractivity contribution >= 4 is 23.5 Å². The highest BCUT2D eigenvalue weighted by atomic mass is 35.5. The van der Waals surface area contributed by atoms with Crippen LogP contribution < -0.4 is 10.6 Å². The van der Waals surface area contributed by atoms with Crippen LogP contribution in [0.1, 0.15) is 31.9 Å². The Bertz CT molecular complexity index is 664. The molecule has 0 spiro atoms. The number of nitrogens with zero attached hydrogens (tertiary/aromatic N) is 1. The Kier molecular flexibility index (Phi) is 5.63. The molecule has 1 heterocycles. The van der Waals surface area contributed by atoms with E-state index in [0.29, 0.717) is 18.9 Å². The molecule has 6 nitrogen and oxygen atoms in total. The zero-order valence-electron chi connectivity index (χ0n) is 13.4. The molecule has 7 heteroatoms. The van der Waals surface area contributed by atoms with Gasteiger partial charge in [-0.05, 0) is 32.4 Å². The molecule has 0 saturated heterocycles. The van der Waals surface area contributed by atoms with E-state index in [2.05, 4.69) is 20.8 Å². The van der Waals surface area contributed by atoms with Crippen molar-refractivity contribution in [2.45, 2.75) is 39.5 Å². The Morgan fingerprint density at radius 3 is 2.65 bits per heavy atom. The smallest absolute Gasteiger partial charge is 0.413 e. The summed E-state index contributed by atoms with van der Waals surface area (Å²) >= 11 is 6.11. The normalized spacial score (nSPS) is 11.3. The molecule has 2 rings (SSSR count). The van der Waals surface area contributed by atoms with Gasteiger partial charge in [-0.25, -0.2) is 4.79 Å². The van der Waals surface area contributed by atoms with Gasteiger partial charge < -0.3 is 10.1 Å². The molecule has 0 bridgehead atoms. The van der Waals surface area contributed by atoms with E-state index in [4.69, 9.17) is 16.3 Å². The van der Waals surface area contributed by atoms with Gasteiger partial charge in [-0.3, -0.25) is 10.4 Å². The van der Waals surface area contributed by atoms with Gasteiger partial charge in [0.1, 0.15) is 11.4 Å². The molecule has 2 aromatic rings. The van der Waals surface area contributed by atoms with Gasteiger partial charge in [0.05, 0.1) is 6.20 Å². The van der Waals surface area contributed by atoms with Gasteiger partial charge in [0.25, 0.3) is 0 Å². The third kappa shape index (κ3) is 5.58. The van der Waals surface area contributed by atoms with Crippen LogP contribution in [-0.4, -0.2) is 21.9 Å². The lowest BCUT2D eigenvalue weighted by Crippen LogP contribution is -2.27. The predicted molar refractivity (Wildman–Crippen MR) is 90.4 cm³/mol. The monoisotopic (exact) mass is 336 g/mol. The van der Waals surface area contributed by atoms with Crippen molar-refractivity contribution in [3.8, 4) is 0 Å². The topological polar surface area (TPSA) is 79.0 Å². The fourth-order valence-electron chi connectivity index (χ4n) is 1.93. The zero-order valence-corrected chi connectivity index (χ0v) is 14.2. The largest absolute Gasteiger partial charge is 0.444 e. The van der Waals surface area contributed by atoms with Crippen molar-refractivity contribution in [3.63, 3.8) is 0 Å². The number of H-pyrrole nitrogens is 1. The Morgan fingerprint density at radius 2 is 1.96 bits per heavy atom. The lowest BCUT2D eigenvalue weighted by atomic mass is 10.2. The maximum Gasteiger partial charge on any atom is 0.413 e. The molecule has 0 saturated carbocycles. The summed E-state index contributed by atoms with van der Waals surface area (Å²) in [4.78, 5) is 11.8. The summed E-state index contributed by atoms with van der Waals surface area (Å²) in [5.74, 6) is 0.519. The second kappa shape index (κ2) is 7.48. The Hall–Kier alpha value is -2.05. The first-order valence-electron chi connectivity index (χ1n) is 7.31. The van der Waals surface area contributed by atoms with Gasteiger partial charge in [-0.1, -0.05) is 29.8 Å². The summed E-state index contributed by atoms with van der Waals surface area (Å²) in [6.45, 7) is 6.59. The van der Waals surface area contributed by atoms with E-state index in [1.807, 2.05) is 45.0 Å². The molecule has 1 aromatic carbocycles. The summed E-state index contributed by atoms with van der Waals surface area (Å²) < 4.78 is 5.22. The Labute approximate surface area is 140 Å². The Balaban J connectivity index is 1.89. The summed E-state index contributed by atoms with van der Waals surface area (Å²) in [6, 6.07) is 7.65. The second-order valence-corrected chi connectivity index (χ2v) is 6.50. The Morgan fingerprint density at radius 1 is 1.26 bits per heavy atom. The maximum atomic E-state index is 11.8. The van der Waals surface area contributed by atoms with E-state index in [1.165, 1.54) is 0 Å². The molecule has 0 unspecified atom stereocenters. The number of ether oxygens (including phenoxy) is 1. The molecule has 1 aromatic heterocycles.